The Kier molecular flexibility index (Phi) is 7.80. The van der Waals surface area contributed by atoms with Gasteiger partial charge >= 0.3 is 0 Å². The molecule has 0 atom stereocenters. The third-order valence-electron chi connectivity index (χ3n) is 7.35. The molecule has 43 heavy (non-hydrogen) atoms. The highest BCUT2D eigenvalue weighted by Crippen LogP contribution is 2.39. The monoisotopic (exact) mass is 570 g/mol. The standard InChI is InChI=1S/C34H30N6O3/c1-38(20-24-5-3-2-4-6-24)21-25-9-13-28(14-10-25)36-33(27-11-7-26(8-12-27)22-39-18-17-35-23-39)32-30-19-29(40(42)43)15-16-31(30)37-34(32)41/h2-19,23,36H,20-22H2,1H3,(H,37,41)/b33-32-. The fourth-order valence-electron chi connectivity index (χ4n) is 5.26. The van der Waals surface area contributed by atoms with Crippen molar-refractivity contribution >= 4 is 34.2 Å². The highest BCUT2D eigenvalue weighted by molar-refractivity contribution is 6.37. The fourth-order valence-corrected chi connectivity index (χ4v) is 5.26. The van der Waals surface area contributed by atoms with E-state index >= 15 is 0 Å². The van der Waals surface area contributed by atoms with Gasteiger partial charge in [-0.25, -0.2) is 4.98 Å². The average molecular weight is 571 g/mol. The lowest BCUT2D eigenvalue weighted by Gasteiger charge is -2.18. The van der Waals surface area contributed by atoms with Crippen LogP contribution < -0.4 is 10.6 Å². The Balaban J connectivity index is 1.31. The van der Waals surface area contributed by atoms with Crippen molar-refractivity contribution in [3.8, 4) is 0 Å². The lowest BCUT2D eigenvalue weighted by Crippen LogP contribution is -2.17. The topological polar surface area (TPSA) is 105 Å². The van der Waals surface area contributed by atoms with E-state index in [0.29, 0.717) is 29.1 Å². The molecule has 0 saturated heterocycles. The molecule has 9 heteroatoms. The summed E-state index contributed by atoms with van der Waals surface area (Å²) >= 11 is 0. The van der Waals surface area contributed by atoms with Gasteiger partial charge in [0.2, 0.25) is 0 Å². The number of non-ortho nitro benzene ring substituents is 1. The van der Waals surface area contributed by atoms with Gasteiger partial charge in [-0.15, -0.1) is 0 Å². The number of nitro benzene ring substituents is 1. The number of nitro groups is 1. The molecule has 0 bridgehead atoms. The molecule has 0 radical (unpaired) electrons. The second-order valence-electron chi connectivity index (χ2n) is 10.6. The summed E-state index contributed by atoms with van der Waals surface area (Å²) in [5, 5.41) is 17.9. The first-order valence-electron chi connectivity index (χ1n) is 13.9. The van der Waals surface area contributed by atoms with E-state index in [9.17, 15) is 14.9 Å². The molecule has 0 fully saturated rings. The van der Waals surface area contributed by atoms with E-state index in [0.717, 1.165) is 35.5 Å². The van der Waals surface area contributed by atoms with Crippen molar-refractivity contribution in [1.29, 1.82) is 0 Å². The molecule has 1 aliphatic heterocycles. The molecule has 214 valence electrons. The number of amides is 1. The van der Waals surface area contributed by atoms with Gasteiger partial charge in [-0.1, -0.05) is 66.7 Å². The second-order valence-corrected chi connectivity index (χ2v) is 10.6. The molecule has 1 aromatic heterocycles. The number of nitrogens with one attached hydrogen (secondary N) is 2. The summed E-state index contributed by atoms with van der Waals surface area (Å²) in [5.74, 6) is -0.320. The summed E-state index contributed by atoms with van der Waals surface area (Å²) in [4.78, 5) is 30.8. The van der Waals surface area contributed by atoms with Crippen LogP contribution in [-0.2, 0) is 24.4 Å². The number of rotatable bonds is 10. The van der Waals surface area contributed by atoms with Crippen LogP contribution in [0.2, 0.25) is 0 Å². The quantitative estimate of drug-likeness (QED) is 0.114. The molecule has 5 aromatic rings. The molecule has 0 saturated carbocycles. The lowest BCUT2D eigenvalue weighted by molar-refractivity contribution is -0.384. The third-order valence-corrected chi connectivity index (χ3v) is 7.35. The Morgan fingerprint density at radius 2 is 1.63 bits per heavy atom. The van der Waals surface area contributed by atoms with Crippen molar-refractivity contribution < 1.29 is 9.72 Å². The van der Waals surface area contributed by atoms with Crippen molar-refractivity contribution in [2.24, 2.45) is 0 Å². The largest absolute Gasteiger partial charge is 0.354 e. The zero-order valence-electron chi connectivity index (χ0n) is 23.6. The number of fused-ring (bicyclic) bond motifs is 1. The minimum absolute atomic E-state index is 0.0771. The second kappa shape index (κ2) is 12.1. The van der Waals surface area contributed by atoms with Gasteiger partial charge in [0, 0.05) is 61.1 Å². The predicted molar refractivity (Wildman–Crippen MR) is 168 cm³/mol. The number of imidazole rings is 1. The summed E-state index contributed by atoms with van der Waals surface area (Å²) in [6.45, 7) is 2.28. The van der Waals surface area contributed by atoms with Gasteiger partial charge in [-0.3, -0.25) is 19.8 Å². The molecular formula is C34H30N6O3. The van der Waals surface area contributed by atoms with Gasteiger partial charge in [0.25, 0.3) is 11.6 Å². The van der Waals surface area contributed by atoms with Gasteiger partial charge in [-0.2, -0.15) is 0 Å². The average Bonchev–Trinajstić information content (AvgIpc) is 3.64. The Hall–Kier alpha value is -5.54. The van der Waals surface area contributed by atoms with Crippen molar-refractivity contribution in [3.05, 3.63) is 154 Å². The number of carbonyl (C=O) groups is 1. The van der Waals surface area contributed by atoms with E-state index in [4.69, 9.17) is 0 Å². The summed E-state index contributed by atoms with van der Waals surface area (Å²) in [7, 11) is 2.09. The van der Waals surface area contributed by atoms with Crippen molar-refractivity contribution in [3.63, 3.8) is 0 Å². The Morgan fingerprint density at radius 3 is 2.30 bits per heavy atom. The number of nitrogens with zero attached hydrogens (tertiary/aromatic N) is 4. The van der Waals surface area contributed by atoms with Crippen LogP contribution >= 0.6 is 0 Å². The number of benzene rings is 4. The number of carbonyl (C=O) groups excluding carboxylic acids is 1. The zero-order valence-corrected chi connectivity index (χ0v) is 23.6. The van der Waals surface area contributed by atoms with Gasteiger partial charge in [-0.05, 0) is 47.5 Å². The molecule has 1 amide bonds. The van der Waals surface area contributed by atoms with Crippen molar-refractivity contribution in [2.45, 2.75) is 19.6 Å². The normalized spacial score (nSPS) is 13.5. The first-order valence-corrected chi connectivity index (χ1v) is 13.9. The summed E-state index contributed by atoms with van der Waals surface area (Å²) in [5.41, 5.74) is 6.94. The van der Waals surface area contributed by atoms with Crippen LogP contribution in [0.5, 0.6) is 0 Å². The van der Waals surface area contributed by atoms with E-state index in [1.54, 1.807) is 18.6 Å². The van der Waals surface area contributed by atoms with E-state index < -0.39 is 4.92 Å². The van der Waals surface area contributed by atoms with E-state index in [2.05, 4.69) is 51.8 Å². The van der Waals surface area contributed by atoms with E-state index in [-0.39, 0.29) is 11.6 Å². The smallest absolute Gasteiger partial charge is 0.270 e. The van der Waals surface area contributed by atoms with Crippen LogP contribution in [0.3, 0.4) is 0 Å². The van der Waals surface area contributed by atoms with Gasteiger partial charge in [0.05, 0.1) is 22.5 Å². The summed E-state index contributed by atoms with van der Waals surface area (Å²) in [6.07, 6.45) is 5.40. The molecule has 4 aromatic carbocycles. The van der Waals surface area contributed by atoms with Gasteiger partial charge in [0.1, 0.15) is 0 Å². The molecule has 1 aliphatic rings. The SMILES string of the molecule is CN(Cc1ccccc1)Cc1ccc(N/C(=C2\C(=O)Nc3ccc([N+](=O)[O-])cc32)c2ccc(Cn3ccnc3)cc2)cc1. The van der Waals surface area contributed by atoms with Gasteiger partial charge in [0.15, 0.2) is 0 Å². The zero-order chi connectivity index (χ0) is 29.8. The summed E-state index contributed by atoms with van der Waals surface area (Å²) in [6, 6.07) is 30.8. The van der Waals surface area contributed by atoms with Crippen LogP contribution in [0.1, 0.15) is 27.8 Å². The maximum absolute atomic E-state index is 13.3. The first kappa shape index (κ1) is 27.6. The van der Waals surface area contributed by atoms with Crippen LogP contribution in [0, 0.1) is 10.1 Å². The van der Waals surface area contributed by atoms with Crippen LogP contribution in [0.15, 0.2) is 116 Å². The number of hydrogen-bond acceptors (Lipinski definition) is 6. The van der Waals surface area contributed by atoms with Crippen LogP contribution in [0.25, 0.3) is 11.3 Å². The van der Waals surface area contributed by atoms with E-state index in [1.807, 2.05) is 65.4 Å². The first-order chi connectivity index (χ1) is 20.9. The highest BCUT2D eigenvalue weighted by Gasteiger charge is 2.30. The lowest BCUT2D eigenvalue weighted by atomic mass is 9.98. The molecule has 2 heterocycles. The fraction of sp³-hybridized carbons (Fsp3) is 0.118. The summed E-state index contributed by atoms with van der Waals surface area (Å²) < 4.78 is 1.98. The van der Waals surface area contributed by atoms with Crippen molar-refractivity contribution in [1.82, 2.24) is 14.5 Å². The maximum Gasteiger partial charge on any atom is 0.270 e. The molecule has 0 spiro atoms. The minimum atomic E-state index is -0.452. The molecule has 6 rings (SSSR count). The Morgan fingerprint density at radius 1 is 0.930 bits per heavy atom. The maximum atomic E-state index is 13.3. The highest BCUT2D eigenvalue weighted by atomic mass is 16.6. The minimum Gasteiger partial charge on any atom is -0.354 e. The Bertz CT molecular complexity index is 1780. The molecule has 0 unspecified atom stereocenters. The number of aromatic nitrogens is 2. The molecule has 0 aliphatic carbocycles. The predicted octanol–water partition coefficient (Wildman–Crippen LogP) is 6.40. The Labute approximate surface area is 249 Å². The third kappa shape index (κ3) is 6.37. The number of hydrogen-bond donors (Lipinski definition) is 2. The van der Waals surface area contributed by atoms with Crippen molar-refractivity contribution in [2.75, 3.05) is 17.7 Å². The number of anilines is 2. The van der Waals surface area contributed by atoms with Crippen LogP contribution in [-0.4, -0.2) is 32.3 Å². The molecule has 9 nitrogen and oxygen atoms in total. The van der Waals surface area contributed by atoms with E-state index in [1.165, 1.54) is 17.7 Å². The molecular weight excluding hydrogens is 540 g/mol. The van der Waals surface area contributed by atoms with Gasteiger partial charge < -0.3 is 15.2 Å². The molecule has 2 N–H and O–H groups in total. The van der Waals surface area contributed by atoms with Crippen LogP contribution in [0.4, 0.5) is 17.1 Å².